The Morgan fingerprint density at radius 2 is 1.08 bits per heavy atom. The minimum Gasteiger partial charge on any atom is -0.394 e. The Bertz CT molecular complexity index is 860. The lowest BCUT2D eigenvalue weighted by molar-refractivity contribution is -0.302. The molecule has 10 nitrogen and oxygen atoms in total. The molecule has 0 radical (unpaired) electrons. The highest BCUT2D eigenvalue weighted by Crippen LogP contribution is 2.23. The van der Waals surface area contributed by atoms with Gasteiger partial charge in [0.15, 0.2) is 6.29 Å². The predicted octanol–water partition coefficient (Wildman–Crippen LogP) is 7.53. The zero-order chi connectivity index (χ0) is 38.9. The number of aliphatic hydroxyl groups is 6. The van der Waals surface area contributed by atoms with Gasteiger partial charge < -0.3 is 45.4 Å². The Labute approximate surface area is 323 Å². The maximum Gasteiger partial charge on any atom is 0.249 e. The Hall–Kier alpha value is -1.11. The van der Waals surface area contributed by atoms with E-state index in [1.165, 1.54) is 128 Å². The van der Waals surface area contributed by atoms with Crippen LogP contribution in [0.4, 0.5) is 0 Å². The topological polar surface area (TPSA) is 169 Å². The first-order valence-electron chi connectivity index (χ1n) is 22.0. The number of hydrogen-bond donors (Lipinski definition) is 7. The van der Waals surface area contributed by atoms with Gasteiger partial charge in [0.05, 0.1) is 25.4 Å². The molecule has 0 aromatic heterocycles. The second kappa shape index (κ2) is 34.2. The first-order valence-corrected chi connectivity index (χ1v) is 22.0. The summed E-state index contributed by atoms with van der Waals surface area (Å²) in [7, 11) is 0. The van der Waals surface area contributed by atoms with Crippen LogP contribution in [0, 0.1) is 0 Å². The van der Waals surface area contributed by atoms with Crippen molar-refractivity contribution in [3.63, 3.8) is 0 Å². The van der Waals surface area contributed by atoms with Crippen LogP contribution in [-0.4, -0.2) is 98.7 Å². The maximum absolute atomic E-state index is 13.0. The van der Waals surface area contributed by atoms with Crippen molar-refractivity contribution >= 4 is 5.91 Å². The number of unbranched alkanes of at least 4 members (excludes halogenated alkanes) is 25. The van der Waals surface area contributed by atoms with E-state index in [1.807, 2.05) is 6.08 Å². The van der Waals surface area contributed by atoms with Crippen LogP contribution < -0.4 is 5.32 Å². The summed E-state index contributed by atoms with van der Waals surface area (Å²) in [4.78, 5) is 13.0. The van der Waals surface area contributed by atoms with Crippen LogP contribution in [0.1, 0.15) is 194 Å². The van der Waals surface area contributed by atoms with Crippen molar-refractivity contribution in [2.24, 2.45) is 0 Å². The number of carbonyl (C=O) groups excluding carboxylic acids is 1. The average Bonchev–Trinajstić information content (AvgIpc) is 3.16. The van der Waals surface area contributed by atoms with Crippen LogP contribution in [0.3, 0.4) is 0 Å². The van der Waals surface area contributed by atoms with Gasteiger partial charge in [-0.25, -0.2) is 0 Å². The lowest BCUT2D eigenvalue weighted by atomic mass is 9.99. The van der Waals surface area contributed by atoms with Crippen molar-refractivity contribution in [3.8, 4) is 0 Å². The third-order valence-electron chi connectivity index (χ3n) is 10.7. The van der Waals surface area contributed by atoms with Gasteiger partial charge in [0.1, 0.15) is 30.5 Å². The van der Waals surface area contributed by atoms with Gasteiger partial charge in [-0.05, 0) is 19.3 Å². The number of aliphatic hydroxyl groups excluding tert-OH is 6. The largest absolute Gasteiger partial charge is 0.394 e. The SMILES string of the molecule is CCCCCCCCCCCCCCCCC/C=C/C(O)C(COC1OC(CO)C(O)C(O)C1O)NC(=O)C(O)CCCCCCCCCCCCC. The lowest BCUT2D eigenvalue weighted by Gasteiger charge is -2.40. The van der Waals surface area contributed by atoms with Crippen molar-refractivity contribution in [2.75, 3.05) is 13.2 Å². The number of ether oxygens (including phenoxy) is 2. The molecule has 1 rings (SSSR count). The first-order chi connectivity index (χ1) is 25.8. The normalized spacial score (nSPS) is 22.3. The summed E-state index contributed by atoms with van der Waals surface area (Å²) in [5.41, 5.74) is 0. The summed E-state index contributed by atoms with van der Waals surface area (Å²) >= 11 is 0. The smallest absolute Gasteiger partial charge is 0.249 e. The number of amides is 1. The summed E-state index contributed by atoms with van der Waals surface area (Å²) in [5, 5.41) is 64.5. The monoisotopic (exact) mass is 758 g/mol. The van der Waals surface area contributed by atoms with E-state index >= 15 is 0 Å². The van der Waals surface area contributed by atoms with Gasteiger partial charge in [0.2, 0.25) is 5.91 Å². The molecule has 1 amide bonds. The number of nitrogens with one attached hydrogen (secondary N) is 1. The van der Waals surface area contributed by atoms with E-state index in [-0.39, 0.29) is 6.61 Å². The van der Waals surface area contributed by atoms with Gasteiger partial charge >= 0.3 is 0 Å². The van der Waals surface area contributed by atoms with Crippen LogP contribution in [0.25, 0.3) is 0 Å². The van der Waals surface area contributed by atoms with E-state index in [4.69, 9.17) is 9.47 Å². The van der Waals surface area contributed by atoms with Gasteiger partial charge in [-0.2, -0.15) is 0 Å². The molecule has 7 N–H and O–H groups in total. The highest BCUT2D eigenvalue weighted by molar-refractivity contribution is 5.80. The molecule has 8 unspecified atom stereocenters. The van der Waals surface area contributed by atoms with Gasteiger partial charge in [-0.15, -0.1) is 0 Å². The number of allylic oxidation sites excluding steroid dienone is 1. The molecule has 0 saturated carbocycles. The Morgan fingerprint density at radius 1 is 0.642 bits per heavy atom. The van der Waals surface area contributed by atoms with Gasteiger partial charge in [0.25, 0.3) is 0 Å². The fraction of sp³-hybridized carbons (Fsp3) is 0.930. The fourth-order valence-corrected chi connectivity index (χ4v) is 7.04. The molecular formula is C43H83NO9. The summed E-state index contributed by atoms with van der Waals surface area (Å²) in [6, 6.07) is -0.973. The minimum atomic E-state index is -1.61. The number of hydrogen-bond acceptors (Lipinski definition) is 9. The second-order valence-corrected chi connectivity index (χ2v) is 15.6. The fourth-order valence-electron chi connectivity index (χ4n) is 7.04. The van der Waals surface area contributed by atoms with Crippen LogP contribution in [0.5, 0.6) is 0 Å². The molecule has 314 valence electrons. The average molecular weight is 758 g/mol. The molecular weight excluding hydrogens is 674 g/mol. The number of carbonyl (C=O) groups is 1. The van der Waals surface area contributed by atoms with Crippen molar-refractivity contribution < 1.29 is 44.9 Å². The molecule has 1 saturated heterocycles. The molecule has 1 heterocycles. The van der Waals surface area contributed by atoms with Crippen LogP contribution >= 0.6 is 0 Å². The summed E-state index contributed by atoms with van der Waals surface area (Å²) in [6.07, 6.45) is 27.3. The molecule has 1 aliphatic heterocycles. The van der Waals surface area contributed by atoms with Crippen molar-refractivity contribution in [1.29, 1.82) is 0 Å². The van der Waals surface area contributed by atoms with E-state index in [0.29, 0.717) is 6.42 Å². The standard InChI is InChI=1S/C43H83NO9/c1-3-5-7-9-11-13-15-16-17-18-19-20-22-23-25-27-29-31-36(46)35(34-52-43-41(50)40(49)39(48)38(33-45)53-43)44-42(51)37(47)32-30-28-26-24-21-14-12-10-8-6-4-2/h29,31,35-41,43,45-50H,3-28,30,32-34H2,1-2H3,(H,44,51)/b31-29+. The molecule has 0 aromatic rings. The summed E-state index contributed by atoms with van der Waals surface area (Å²) in [6.45, 7) is 3.59. The Balaban J connectivity index is 2.44. The Morgan fingerprint density at radius 3 is 1.53 bits per heavy atom. The highest BCUT2D eigenvalue weighted by atomic mass is 16.7. The zero-order valence-corrected chi connectivity index (χ0v) is 33.9. The van der Waals surface area contributed by atoms with Gasteiger partial charge in [-0.1, -0.05) is 187 Å². The van der Waals surface area contributed by atoms with E-state index < -0.39 is 61.5 Å². The second-order valence-electron chi connectivity index (χ2n) is 15.6. The van der Waals surface area contributed by atoms with E-state index in [1.54, 1.807) is 6.08 Å². The van der Waals surface area contributed by atoms with Crippen molar-refractivity contribution in [2.45, 2.75) is 243 Å². The predicted molar refractivity (Wildman–Crippen MR) is 213 cm³/mol. The maximum atomic E-state index is 13.0. The van der Waals surface area contributed by atoms with Gasteiger partial charge in [0, 0.05) is 0 Å². The molecule has 0 spiro atoms. The number of rotatable bonds is 36. The summed E-state index contributed by atoms with van der Waals surface area (Å²) < 4.78 is 11.1. The first kappa shape index (κ1) is 49.9. The highest BCUT2D eigenvalue weighted by Gasteiger charge is 2.44. The van der Waals surface area contributed by atoms with E-state index in [9.17, 15) is 35.4 Å². The van der Waals surface area contributed by atoms with E-state index in [0.717, 1.165) is 44.9 Å². The lowest BCUT2D eigenvalue weighted by Crippen LogP contribution is -2.60. The molecule has 53 heavy (non-hydrogen) atoms. The molecule has 0 bridgehead atoms. The third-order valence-corrected chi connectivity index (χ3v) is 10.7. The van der Waals surface area contributed by atoms with Crippen molar-refractivity contribution in [1.82, 2.24) is 5.32 Å². The molecule has 1 fully saturated rings. The summed E-state index contributed by atoms with van der Waals surface area (Å²) in [5.74, 6) is -0.616. The van der Waals surface area contributed by atoms with Crippen LogP contribution in [-0.2, 0) is 14.3 Å². The third kappa shape index (κ3) is 24.9. The Kier molecular flexibility index (Phi) is 32.2. The molecule has 0 aliphatic carbocycles. The molecule has 0 aromatic carbocycles. The van der Waals surface area contributed by atoms with Crippen molar-refractivity contribution in [3.05, 3.63) is 12.2 Å². The molecule has 1 aliphatic rings. The van der Waals surface area contributed by atoms with Crippen LogP contribution in [0.2, 0.25) is 0 Å². The van der Waals surface area contributed by atoms with E-state index in [2.05, 4.69) is 19.2 Å². The molecule has 8 atom stereocenters. The van der Waals surface area contributed by atoms with Crippen LogP contribution in [0.15, 0.2) is 12.2 Å². The van der Waals surface area contributed by atoms with Gasteiger partial charge in [-0.3, -0.25) is 4.79 Å². The zero-order valence-electron chi connectivity index (χ0n) is 33.9. The quantitative estimate of drug-likeness (QED) is 0.0252. The molecule has 10 heteroatoms. The minimum absolute atomic E-state index is 0.302.